The van der Waals surface area contributed by atoms with Crippen molar-refractivity contribution in [3.63, 3.8) is 0 Å². The fourth-order valence-corrected chi connectivity index (χ4v) is 2.10. The number of nitrogens with zero attached hydrogens (tertiary/aromatic N) is 1. The van der Waals surface area contributed by atoms with Crippen molar-refractivity contribution in [2.24, 2.45) is 0 Å². The zero-order valence-corrected chi connectivity index (χ0v) is 9.83. The molecule has 0 fully saturated rings. The molecule has 0 atom stereocenters. The minimum absolute atomic E-state index is 0.278. The molecule has 0 radical (unpaired) electrons. The van der Waals surface area contributed by atoms with Crippen LogP contribution in [0.3, 0.4) is 0 Å². The van der Waals surface area contributed by atoms with Crippen LogP contribution in [0.15, 0.2) is 30.5 Å². The van der Waals surface area contributed by atoms with Gasteiger partial charge in [-0.3, -0.25) is 0 Å². The van der Waals surface area contributed by atoms with Gasteiger partial charge in [0.05, 0.1) is 6.42 Å². The smallest absolute Gasteiger partial charge is 0.315 e. The van der Waals surface area contributed by atoms with Crippen LogP contribution in [0.5, 0.6) is 5.75 Å². The largest absolute Gasteiger partial charge is 0.508 e. The second-order valence-corrected chi connectivity index (χ2v) is 4.04. The Labute approximate surface area is 100 Å². The predicted molar refractivity (Wildman–Crippen MR) is 70.5 cm³/mol. The van der Waals surface area contributed by atoms with E-state index in [9.17, 15) is 5.11 Å². The molecule has 0 aliphatic heterocycles. The number of nitrogens with one attached hydrogen (secondary N) is 1. The lowest BCUT2D eigenvalue weighted by Crippen LogP contribution is -1.91. The van der Waals surface area contributed by atoms with Gasteiger partial charge >= 0.3 is 5.70 Å². The normalized spacial score (nSPS) is 10.4. The van der Waals surface area contributed by atoms with Gasteiger partial charge in [0, 0.05) is 16.6 Å². The Balaban J connectivity index is 2.57. The summed E-state index contributed by atoms with van der Waals surface area (Å²) in [6.07, 6.45) is 1.49. The number of benzene rings is 1. The molecular formula is C14H15N2O+. The summed E-state index contributed by atoms with van der Waals surface area (Å²) in [6, 6.07) is 5.32. The third kappa shape index (κ3) is 2.02. The molecule has 3 nitrogen and oxygen atoms in total. The van der Waals surface area contributed by atoms with Gasteiger partial charge in [-0.15, -0.1) is 0 Å². The molecule has 86 valence electrons. The van der Waals surface area contributed by atoms with E-state index in [-0.39, 0.29) is 5.75 Å². The predicted octanol–water partition coefficient (Wildman–Crippen LogP) is 3.45. The van der Waals surface area contributed by atoms with Gasteiger partial charge in [-0.25, -0.2) is 0 Å². The molecule has 0 saturated heterocycles. The number of phenolic OH excluding ortho intramolecular Hbond substituents is 1. The molecule has 2 rings (SSSR count). The highest BCUT2D eigenvalue weighted by molar-refractivity contribution is 5.86. The summed E-state index contributed by atoms with van der Waals surface area (Å²) in [6.45, 7) is 11.1. The summed E-state index contributed by atoms with van der Waals surface area (Å²) in [5.74, 6) is 0.278. The molecule has 2 N–H and O–H groups in total. The summed E-state index contributed by atoms with van der Waals surface area (Å²) < 4.78 is 0. The van der Waals surface area contributed by atoms with E-state index in [1.54, 1.807) is 12.1 Å². The SMILES string of the molecule is C#[N+]C(=C)Cc1[nH]c2ccc(O)cc2c1CC. The second-order valence-electron chi connectivity index (χ2n) is 4.04. The first-order valence-electron chi connectivity index (χ1n) is 5.56. The first-order chi connectivity index (χ1) is 8.15. The van der Waals surface area contributed by atoms with Gasteiger partial charge in [0.25, 0.3) is 6.57 Å². The molecule has 0 spiro atoms. The first kappa shape index (κ1) is 11.3. The number of allylic oxidation sites excluding steroid dienone is 1. The van der Waals surface area contributed by atoms with Gasteiger partial charge in [-0.05, 0) is 41.6 Å². The van der Waals surface area contributed by atoms with Crippen LogP contribution in [0.2, 0.25) is 0 Å². The number of hydrogen-bond donors (Lipinski definition) is 2. The van der Waals surface area contributed by atoms with Crippen LogP contribution in [0.4, 0.5) is 0 Å². The van der Waals surface area contributed by atoms with E-state index in [0.717, 1.165) is 23.0 Å². The number of aromatic amines is 1. The maximum absolute atomic E-state index is 9.52. The first-order valence-corrected chi connectivity index (χ1v) is 5.56. The standard InChI is InChI=1S/C14H14N2O/c1-4-11-12-8-10(17)5-6-13(12)16-14(11)7-9(2)15-3/h3,5-6,8,16H,2,4,7H2,1H3/p+1. The number of rotatable bonds is 3. The monoisotopic (exact) mass is 227 g/mol. The van der Waals surface area contributed by atoms with Crippen LogP contribution in [0.25, 0.3) is 15.7 Å². The van der Waals surface area contributed by atoms with Crippen molar-refractivity contribution in [3.05, 3.63) is 46.6 Å². The summed E-state index contributed by atoms with van der Waals surface area (Å²) in [4.78, 5) is 6.90. The molecular weight excluding hydrogens is 212 g/mol. The van der Waals surface area contributed by atoms with Gasteiger partial charge in [-0.1, -0.05) is 6.92 Å². The van der Waals surface area contributed by atoms with E-state index in [4.69, 9.17) is 6.57 Å². The van der Waals surface area contributed by atoms with Crippen LogP contribution < -0.4 is 0 Å². The summed E-state index contributed by atoms with van der Waals surface area (Å²) in [5.41, 5.74) is 3.89. The van der Waals surface area contributed by atoms with Crippen LogP contribution in [-0.4, -0.2) is 10.1 Å². The fraction of sp³-hybridized carbons (Fsp3) is 0.214. The number of fused-ring (bicyclic) bond motifs is 1. The molecule has 0 amide bonds. The molecule has 17 heavy (non-hydrogen) atoms. The lowest BCUT2D eigenvalue weighted by Gasteiger charge is -1.97. The number of hydrogen-bond acceptors (Lipinski definition) is 1. The van der Waals surface area contributed by atoms with Crippen molar-refractivity contribution in [2.75, 3.05) is 0 Å². The van der Waals surface area contributed by atoms with E-state index in [2.05, 4.69) is 23.3 Å². The molecule has 0 aliphatic carbocycles. The minimum atomic E-state index is 0.278. The average Bonchev–Trinajstić information content (AvgIpc) is 2.65. The molecule has 0 unspecified atom stereocenters. The zero-order chi connectivity index (χ0) is 12.4. The molecule has 1 heterocycles. The minimum Gasteiger partial charge on any atom is -0.508 e. The summed E-state index contributed by atoms with van der Waals surface area (Å²) >= 11 is 0. The van der Waals surface area contributed by atoms with E-state index in [1.165, 1.54) is 5.56 Å². The fourth-order valence-electron chi connectivity index (χ4n) is 2.10. The Morgan fingerprint density at radius 3 is 2.94 bits per heavy atom. The Hall–Kier alpha value is -2.21. The highest BCUT2D eigenvalue weighted by atomic mass is 16.3. The van der Waals surface area contributed by atoms with Crippen molar-refractivity contribution >= 4 is 10.9 Å². The summed E-state index contributed by atoms with van der Waals surface area (Å²) in [7, 11) is 0. The number of aromatic nitrogens is 1. The molecule has 1 aromatic heterocycles. The van der Waals surface area contributed by atoms with E-state index >= 15 is 0 Å². The van der Waals surface area contributed by atoms with Gasteiger partial charge < -0.3 is 10.1 Å². The van der Waals surface area contributed by atoms with Gasteiger partial charge in [0.2, 0.25) is 0 Å². The topological polar surface area (TPSA) is 40.4 Å². The number of phenols is 1. The quantitative estimate of drug-likeness (QED) is 0.828. The molecule has 1 aromatic carbocycles. The third-order valence-corrected chi connectivity index (χ3v) is 2.90. The number of aryl methyl sites for hydroxylation is 1. The Morgan fingerprint density at radius 2 is 2.29 bits per heavy atom. The Kier molecular flexibility index (Phi) is 2.88. The van der Waals surface area contributed by atoms with Crippen LogP contribution in [-0.2, 0) is 12.8 Å². The van der Waals surface area contributed by atoms with E-state index in [0.29, 0.717) is 12.1 Å². The Morgan fingerprint density at radius 1 is 1.53 bits per heavy atom. The van der Waals surface area contributed by atoms with Crippen molar-refractivity contribution < 1.29 is 5.11 Å². The van der Waals surface area contributed by atoms with Crippen molar-refractivity contribution in [1.82, 2.24) is 4.98 Å². The van der Waals surface area contributed by atoms with E-state index in [1.807, 2.05) is 6.07 Å². The molecule has 0 saturated carbocycles. The molecule has 0 bridgehead atoms. The molecule has 2 aromatic rings. The van der Waals surface area contributed by atoms with E-state index < -0.39 is 0 Å². The molecule has 3 heteroatoms. The Bertz CT molecular complexity index is 617. The van der Waals surface area contributed by atoms with Crippen molar-refractivity contribution in [1.29, 1.82) is 0 Å². The zero-order valence-electron chi connectivity index (χ0n) is 9.83. The summed E-state index contributed by atoms with van der Waals surface area (Å²) in [5, 5.41) is 10.6. The second kappa shape index (κ2) is 4.34. The van der Waals surface area contributed by atoms with Crippen molar-refractivity contribution in [2.45, 2.75) is 19.8 Å². The maximum Gasteiger partial charge on any atom is 0.315 e. The lowest BCUT2D eigenvalue weighted by molar-refractivity contribution is 0.476. The maximum atomic E-state index is 9.52. The number of aromatic hydroxyl groups is 1. The highest BCUT2D eigenvalue weighted by Crippen LogP contribution is 2.27. The molecule has 0 aliphatic rings. The van der Waals surface area contributed by atoms with Crippen LogP contribution in [0.1, 0.15) is 18.2 Å². The lowest BCUT2D eigenvalue weighted by atomic mass is 10.1. The van der Waals surface area contributed by atoms with Crippen LogP contribution >= 0.6 is 0 Å². The third-order valence-electron chi connectivity index (χ3n) is 2.90. The van der Waals surface area contributed by atoms with Crippen molar-refractivity contribution in [3.8, 4) is 12.3 Å². The van der Waals surface area contributed by atoms with Gasteiger partial charge in [-0.2, -0.15) is 0 Å². The highest BCUT2D eigenvalue weighted by Gasteiger charge is 2.14. The van der Waals surface area contributed by atoms with Gasteiger partial charge in [0.1, 0.15) is 5.75 Å². The average molecular weight is 227 g/mol. The van der Waals surface area contributed by atoms with Crippen LogP contribution in [0, 0.1) is 6.57 Å². The van der Waals surface area contributed by atoms with Gasteiger partial charge in [0.15, 0.2) is 0 Å². The number of H-pyrrole nitrogens is 1.